The van der Waals surface area contributed by atoms with Crippen LogP contribution in [0.2, 0.25) is 0 Å². The summed E-state index contributed by atoms with van der Waals surface area (Å²) in [5, 5.41) is 13.9. The third-order valence-electron chi connectivity index (χ3n) is 2.97. The second-order valence-corrected chi connectivity index (χ2v) is 6.94. The monoisotopic (exact) mass is 346 g/mol. The van der Waals surface area contributed by atoms with Crippen molar-refractivity contribution >= 4 is 27.7 Å². The van der Waals surface area contributed by atoms with E-state index in [1.54, 1.807) is 11.8 Å². The quantitative estimate of drug-likeness (QED) is 0.530. The number of aliphatic hydroxyl groups is 1. The van der Waals surface area contributed by atoms with Crippen molar-refractivity contribution in [2.45, 2.75) is 43.7 Å². The molecule has 2 N–H and O–H groups in total. The molecule has 0 fully saturated rings. The smallest absolute Gasteiger partial charge is 0.0960 e. The molecule has 1 rings (SSSR count). The summed E-state index contributed by atoms with van der Waals surface area (Å²) in [6, 6.07) is 4.03. The highest BCUT2D eigenvalue weighted by Gasteiger charge is 2.21. The summed E-state index contributed by atoms with van der Waals surface area (Å²) in [6.45, 7) is 5.37. The minimum atomic E-state index is -0.149. The number of thioether (sulfide) groups is 1. The van der Waals surface area contributed by atoms with Gasteiger partial charge in [-0.2, -0.15) is 0 Å². The van der Waals surface area contributed by atoms with Gasteiger partial charge in [-0.3, -0.25) is 0 Å². The van der Waals surface area contributed by atoms with Crippen molar-refractivity contribution in [1.82, 2.24) is 10.3 Å². The van der Waals surface area contributed by atoms with Crippen LogP contribution in [-0.2, 0) is 0 Å². The second kappa shape index (κ2) is 8.95. The summed E-state index contributed by atoms with van der Waals surface area (Å²) in [4.78, 5) is 4.33. The number of hydrogen-bond acceptors (Lipinski definition) is 4. The molecule has 1 aromatic heterocycles. The molecular formula is C14H23BrN2OS. The van der Waals surface area contributed by atoms with E-state index >= 15 is 0 Å². The lowest BCUT2D eigenvalue weighted by molar-refractivity contribution is 0.165. The predicted octanol–water partition coefficient (Wildman–Crippen LogP) is 3.47. The van der Waals surface area contributed by atoms with Crippen molar-refractivity contribution in [2.75, 3.05) is 18.9 Å². The van der Waals surface area contributed by atoms with E-state index in [2.05, 4.69) is 40.1 Å². The van der Waals surface area contributed by atoms with Crippen LogP contribution in [0.25, 0.3) is 0 Å². The van der Waals surface area contributed by atoms with Crippen molar-refractivity contribution in [3.63, 3.8) is 0 Å². The first-order valence-corrected chi connectivity index (χ1v) is 8.48. The molecule has 1 aromatic rings. The Morgan fingerprint density at radius 2 is 2.26 bits per heavy atom. The topological polar surface area (TPSA) is 45.1 Å². The summed E-state index contributed by atoms with van der Waals surface area (Å²) in [5.74, 6) is 1.03. The van der Waals surface area contributed by atoms with E-state index in [-0.39, 0.29) is 12.1 Å². The van der Waals surface area contributed by atoms with Crippen molar-refractivity contribution < 1.29 is 5.11 Å². The van der Waals surface area contributed by atoms with Gasteiger partial charge in [-0.05, 0) is 66.5 Å². The van der Waals surface area contributed by atoms with E-state index in [0.29, 0.717) is 0 Å². The van der Waals surface area contributed by atoms with E-state index in [1.807, 2.05) is 18.3 Å². The molecule has 0 spiro atoms. The zero-order chi connectivity index (χ0) is 14.1. The van der Waals surface area contributed by atoms with Crippen LogP contribution in [0, 0.1) is 0 Å². The zero-order valence-electron chi connectivity index (χ0n) is 11.7. The Morgan fingerprint density at radius 1 is 1.47 bits per heavy atom. The molecule has 0 aliphatic carbocycles. The van der Waals surface area contributed by atoms with E-state index in [9.17, 15) is 5.11 Å². The van der Waals surface area contributed by atoms with Gasteiger partial charge in [0.2, 0.25) is 0 Å². The lowest BCUT2D eigenvalue weighted by Gasteiger charge is -2.28. The maximum atomic E-state index is 9.47. The minimum absolute atomic E-state index is 0.149. The van der Waals surface area contributed by atoms with Gasteiger partial charge in [0.05, 0.1) is 11.6 Å². The molecule has 0 radical (unpaired) electrons. The van der Waals surface area contributed by atoms with Gasteiger partial charge in [-0.25, -0.2) is 4.98 Å². The van der Waals surface area contributed by atoms with Crippen LogP contribution in [0.5, 0.6) is 0 Å². The average Bonchev–Trinajstić information content (AvgIpc) is 2.43. The van der Waals surface area contributed by atoms with Crippen molar-refractivity contribution in [2.24, 2.45) is 0 Å². The Balaban J connectivity index is 2.26. The molecule has 108 valence electrons. The lowest BCUT2D eigenvalue weighted by atomic mass is 9.97. The maximum Gasteiger partial charge on any atom is 0.0960 e. The normalized spacial score (nSPS) is 14.3. The SMILES string of the molecule is CCCNC(C)(CO)CCCSc1ccc(Br)cn1. The molecule has 0 aliphatic rings. The Morgan fingerprint density at radius 3 is 2.84 bits per heavy atom. The van der Waals surface area contributed by atoms with Crippen LogP contribution >= 0.6 is 27.7 Å². The van der Waals surface area contributed by atoms with Gasteiger partial charge >= 0.3 is 0 Å². The molecule has 3 nitrogen and oxygen atoms in total. The summed E-state index contributed by atoms with van der Waals surface area (Å²) in [5.41, 5.74) is -0.149. The number of aromatic nitrogens is 1. The Hall–Kier alpha value is -0.100. The molecule has 0 amide bonds. The molecular weight excluding hydrogens is 324 g/mol. The third kappa shape index (κ3) is 6.75. The Bertz CT molecular complexity index is 361. The van der Waals surface area contributed by atoms with Crippen LogP contribution in [0.3, 0.4) is 0 Å². The van der Waals surface area contributed by atoms with Gasteiger partial charge in [0.1, 0.15) is 0 Å². The number of nitrogens with one attached hydrogen (secondary N) is 1. The first-order chi connectivity index (χ1) is 9.09. The molecule has 5 heteroatoms. The Kier molecular flexibility index (Phi) is 7.99. The number of halogens is 1. The highest BCUT2D eigenvalue weighted by Crippen LogP contribution is 2.21. The van der Waals surface area contributed by atoms with Gasteiger partial charge in [-0.15, -0.1) is 11.8 Å². The van der Waals surface area contributed by atoms with Gasteiger partial charge in [0.15, 0.2) is 0 Å². The molecule has 0 aliphatic heterocycles. The van der Waals surface area contributed by atoms with Gasteiger partial charge in [0, 0.05) is 16.2 Å². The largest absolute Gasteiger partial charge is 0.394 e. The average molecular weight is 347 g/mol. The molecule has 0 bridgehead atoms. The zero-order valence-corrected chi connectivity index (χ0v) is 14.1. The van der Waals surface area contributed by atoms with Crippen LogP contribution in [0.4, 0.5) is 0 Å². The molecule has 1 heterocycles. The highest BCUT2D eigenvalue weighted by atomic mass is 79.9. The van der Waals surface area contributed by atoms with Crippen LogP contribution in [0.15, 0.2) is 27.8 Å². The molecule has 19 heavy (non-hydrogen) atoms. The summed E-state index contributed by atoms with van der Waals surface area (Å²) < 4.78 is 1.01. The van der Waals surface area contributed by atoms with Gasteiger partial charge in [-0.1, -0.05) is 6.92 Å². The predicted molar refractivity (Wildman–Crippen MR) is 85.7 cm³/mol. The molecule has 0 saturated heterocycles. The third-order valence-corrected chi connectivity index (χ3v) is 4.47. The maximum absolute atomic E-state index is 9.47. The van der Waals surface area contributed by atoms with E-state index in [4.69, 9.17) is 0 Å². The van der Waals surface area contributed by atoms with E-state index in [0.717, 1.165) is 41.1 Å². The Labute approximate surface area is 128 Å². The molecule has 0 aromatic carbocycles. The summed E-state index contributed by atoms with van der Waals surface area (Å²) in [6.07, 6.45) is 4.96. The van der Waals surface area contributed by atoms with Crippen LogP contribution < -0.4 is 5.32 Å². The number of aliphatic hydroxyl groups excluding tert-OH is 1. The number of nitrogens with zero attached hydrogens (tertiary/aromatic N) is 1. The van der Waals surface area contributed by atoms with Crippen LogP contribution in [0.1, 0.15) is 33.1 Å². The van der Waals surface area contributed by atoms with E-state index < -0.39 is 0 Å². The summed E-state index contributed by atoms with van der Waals surface area (Å²) >= 11 is 5.14. The van der Waals surface area contributed by atoms with Crippen LogP contribution in [-0.4, -0.2) is 34.5 Å². The number of rotatable bonds is 9. The highest BCUT2D eigenvalue weighted by molar-refractivity contribution is 9.10. The van der Waals surface area contributed by atoms with Gasteiger partial charge < -0.3 is 10.4 Å². The fraction of sp³-hybridized carbons (Fsp3) is 0.643. The first kappa shape index (κ1) is 17.0. The van der Waals surface area contributed by atoms with Crippen molar-refractivity contribution in [3.05, 3.63) is 22.8 Å². The fourth-order valence-electron chi connectivity index (χ4n) is 1.74. The molecule has 1 atom stereocenters. The fourth-order valence-corrected chi connectivity index (χ4v) is 2.76. The van der Waals surface area contributed by atoms with Gasteiger partial charge in [0.25, 0.3) is 0 Å². The number of hydrogen-bond donors (Lipinski definition) is 2. The second-order valence-electron chi connectivity index (χ2n) is 4.91. The molecule has 1 unspecified atom stereocenters. The lowest BCUT2D eigenvalue weighted by Crippen LogP contribution is -2.46. The minimum Gasteiger partial charge on any atom is -0.394 e. The van der Waals surface area contributed by atoms with E-state index in [1.165, 1.54) is 0 Å². The number of pyridine rings is 1. The van der Waals surface area contributed by atoms with Crippen molar-refractivity contribution in [3.8, 4) is 0 Å². The first-order valence-electron chi connectivity index (χ1n) is 6.70. The standard InChI is InChI=1S/C14H23BrN2OS/c1-3-8-17-14(2,11-18)7-4-9-19-13-6-5-12(15)10-16-13/h5-6,10,17-18H,3-4,7-9,11H2,1-2H3. The summed E-state index contributed by atoms with van der Waals surface area (Å²) in [7, 11) is 0. The van der Waals surface area contributed by atoms with Crippen molar-refractivity contribution in [1.29, 1.82) is 0 Å². The molecule has 0 saturated carbocycles.